The maximum atomic E-state index is 13.2. The minimum absolute atomic E-state index is 0.0204. The van der Waals surface area contributed by atoms with Crippen LogP contribution >= 0.6 is 27.5 Å². The topological polar surface area (TPSA) is 61.0 Å². The molecule has 0 saturated heterocycles. The molecule has 1 heterocycles. The summed E-state index contributed by atoms with van der Waals surface area (Å²) in [4.78, 5) is 7.77. The molecule has 0 atom stereocenters. The van der Waals surface area contributed by atoms with Crippen LogP contribution in [0.15, 0.2) is 28.9 Å². The number of rotatable bonds is 2. The molecule has 0 amide bonds. The lowest BCUT2D eigenvalue weighted by Crippen LogP contribution is -1.97. The van der Waals surface area contributed by atoms with E-state index >= 15 is 0 Å². The zero-order valence-electron chi connectivity index (χ0n) is 8.32. The predicted octanol–water partition coefficient (Wildman–Crippen LogP) is 3.41. The van der Waals surface area contributed by atoms with E-state index in [0.29, 0.717) is 4.60 Å². The second-order valence-corrected chi connectivity index (χ2v) is 4.30. The van der Waals surface area contributed by atoms with E-state index in [2.05, 4.69) is 25.9 Å². The monoisotopic (exact) mass is 317 g/mol. The van der Waals surface area contributed by atoms with E-state index in [1.54, 1.807) is 0 Å². The standard InChI is InChI=1S/C10H6BrClFN3O/c11-8-4-9(14)16-10(15-8)17-5-1-2-6(12)7(13)3-5/h1-4H,(H2,14,15,16). The maximum absolute atomic E-state index is 13.2. The van der Waals surface area contributed by atoms with Crippen LogP contribution in [0.5, 0.6) is 11.8 Å². The summed E-state index contributed by atoms with van der Waals surface area (Å²) in [6, 6.07) is 5.58. The molecule has 0 fully saturated rings. The molecule has 2 N–H and O–H groups in total. The summed E-state index contributed by atoms with van der Waals surface area (Å²) in [6.45, 7) is 0. The van der Waals surface area contributed by atoms with Gasteiger partial charge in [0.15, 0.2) is 0 Å². The third-order valence-corrected chi connectivity index (χ3v) is 2.51. The van der Waals surface area contributed by atoms with Gasteiger partial charge in [-0.1, -0.05) is 11.6 Å². The van der Waals surface area contributed by atoms with Crippen molar-refractivity contribution in [1.29, 1.82) is 0 Å². The molecular formula is C10H6BrClFN3O. The molecule has 0 bridgehead atoms. The van der Waals surface area contributed by atoms with Crippen LogP contribution < -0.4 is 10.5 Å². The highest BCUT2D eigenvalue weighted by molar-refractivity contribution is 9.10. The SMILES string of the molecule is Nc1cc(Br)nc(Oc2ccc(Cl)c(F)c2)n1. The van der Waals surface area contributed by atoms with Crippen molar-refractivity contribution in [2.75, 3.05) is 5.73 Å². The number of halogens is 3. The van der Waals surface area contributed by atoms with Gasteiger partial charge >= 0.3 is 6.01 Å². The van der Waals surface area contributed by atoms with Gasteiger partial charge in [-0.15, -0.1) is 0 Å². The number of hydrogen-bond acceptors (Lipinski definition) is 4. The Morgan fingerprint density at radius 2 is 2.06 bits per heavy atom. The van der Waals surface area contributed by atoms with Crippen molar-refractivity contribution in [3.05, 3.63) is 39.7 Å². The van der Waals surface area contributed by atoms with Crippen molar-refractivity contribution in [2.24, 2.45) is 0 Å². The Kier molecular flexibility index (Phi) is 3.44. The number of ether oxygens (including phenoxy) is 1. The zero-order chi connectivity index (χ0) is 12.4. The van der Waals surface area contributed by atoms with Crippen LogP contribution in [0.4, 0.5) is 10.2 Å². The molecule has 88 valence electrons. The molecule has 2 aromatic rings. The number of nitrogen functional groups attached to an aromatic ring is 1. The molecule has 0 radical (unpaired) electrons. The molecule has 1 aromatic heterocycles. The molecule has 0 unspecified atom stereocenters. The minimum atomic E-state index is -0.577. The lowest BCUT2D eigenvalue weighted by molar-refractivity contribution is 0.437. The second kappa shape index (κ2) is 4.85. The van der Waals surface area contributed by atoms with Crippen molar-refractivity contribution >= 4 is 33.3 Å². The van der Waals surface area contributed by atoms with Crippen LogP contribution in [0.1, 0.15) is 0 Å². The number of aromatic nitrogens is 2. The summed E-state index contributed by atoms with van der Waals surface area (Å²) >= 11 is 8.69. The molecule has 0 spiro atoms. The van der Waals surface area contributed by atoms with Crippen LogP contribution in [0.3, 0.4) is 0 Å². The molecule has 4 nitrogen and oxygen atoms in total. The molecule has 7 heteroatoms. The Morgan fingerprint density at radius 3 is 2.71 bits per heavy atom. The van der Waals surface area contributed by atoms with Gasteiger partial charge in [-0.3, -0.25) is 0 Å². The number of anilines is 1. The smallest absolute Gasteiger partial charge is 0.325 e. The van der Waals surface area contributed by atoms with Gasteiger partial charge in [0, 0.05) is 12.1 Å². The summed E-state index contributed by atoms with van der Waals surface area (Å²) in [5.41, 5.74) is 5.51. The summed E-state index contributed by atoms with van der Waals surface area (Å²) in [5, 5.41) is 0.0204. The van der Waals surface area contributed by atoms with Gasteiger partial charge in [0.05, 0.1) is 5.02 Å². The minimum Gasteiger partial charge on any atom is -0.424 e. The van der Waals surface area contributed by atoms with E-state index < -0.39 is 5.82 Å². The van der Waals surface area contributed by atoms with Gasteiger partial charge in [0.25, 0.3) is 0 Å². The van der Waals surface area contributed by atoms with Crippen molar-refractivity contribution in [2.45, 2.75) is 0 Å². The number of benzene rings is 1. The molecule has 2 rings (SSSR count). The van der Waals surface area contributed by atoms with Crippen LogP contribution in [0.2, 0.25) is 5.02 Å². The normalized spacial score (nSPS) is 10.3. The van der Waals surface area contributed by atoms with E-state index in [0.717, 1.165) is 6.07 Å². The van der Waals surface area contributed by atoms with E-state index in [-0.39, 0.29) is 22.6 Å². The first-order chi connectivity index (χ1) is 8.04. The van der Waals surface area contributed by atoms with Gasteiger partial charge in [0.2, 0.25) is 0 Å². The molecule has 1 aromatic carbocycles. The van der Waals surface area contributed by atoms with Gasteiger partial charge in [0.1, 0.15) is 22.0 Å². The highest BCUT2D eigenvalue weighted by atomic mass is 79.9. The van der Waals surface area contributed by atoms with E-state index in [1.807, 2.05) is 0 Å². The summed E-state index contributed by atoms with van der Waals surface area (Å²) < 4.78 is 18.9. The quantitative estimate of drug-likeness (QED) is 0.862. The Balaban J connectivity index is 2.28. The average Bonchev–Trinajstić information content (AvgIpc) is 2.22. The van der Waals surface area contributed by atoms with Gasteiger partial charge in [-0.05, 0) is 28.1 Å². The third kappa shape index (κ3) is 3.04. The van der Waals surface area contributed by atoms with E-state index in [1.165, 1.54) is 18.2 Å². The first kappa shape index (κ1) is 12.1. The lowest BCUT2D eigenvalue weighted by atomic mass is 10.3. The van der Waals surface area contributed by atoms with Gasteiger partial charge in [-0.2, -0.15) is 9.97 Å². The molecule has 17 heavy (non-hydrogen) atoms. The average molecular weight is 319 g/mol. The second-order valence-electron chi connectivity index (χ2n) is 3.08. The number of nitrogens with two attached hydrogens (primary N) is 1. The predicted molar refractivity (Wildman–Crippen MR) is 65.6 cm³/mol. The van der Waals surface area contributed by atoms with Crippen LogP contribution in [-0.2, 0) is 0 Å². The molecular weight excluding hydrogens is 312 g/mol. The Morgan fingerprint density at radius 1 is 1.29 bits per heavy atom. The number of nitrogens with zero attached hydrogens (tertiary/aromatic N) is 2. The maximum Gasteiger partial charge on any atom is 0.325 e. The summed E-state index contributed by atoms with van der Waals surface area (Å²) in [6.07, 6.45) is 0. The van der Waals surface area contributed by atoms with Crippen LogP contribution in [0.25, 0.3) is 0 Å². The first-order valence-electron chi connectivity index (χ1n) is 4.47. The molecule has 0 aliphatic rings. The fraction of sp³-hybridized carbons (Fsp3) is 0. The van der Waals surface area contributed by atoms with Crippen molar-refractivity contribution in [1.82, 2.24) is 9.97 Å². The highest BCUT2D eigenvalue weighted by Crippen LogP contribution is 2.24. The molecule has 0 aliphatic heterocycles. The van der Waals surface area contributed by atoms with E-state index in [9.17, 15) is 4.39 Å². The zero-order valence-corrected chi connectivity index (χ0v) is 10.7. The largest absolute Gasteiger partial charge is 0.424 e. The van der Waals surface area contributed by atoms with Crippen molar-refractivity contribution in [3.8, 4) is 11.8 Å². The first-order valence-corrected chi connectivity index (χ1v) is 5.64. The number of hydrogen-bond donors (Lipinski definition) is 1. The lowest BCUT2D eigenvalue weighted by Gasteiger charge is -2.05. The fourth-order valence-corrected chi connectivity index (χ4v) is 1.61. The van der Waals surface area contributed by atoms with Crippen LogP contribution in [-0.4, -0.2) is 9.97 Å². The summed E-state index contributed by atoms with van der Waals surface area (Å²) in [7, 11) is 0. The van der Waals surface area contributed by atoms with Gasteiger partial charge in [-0.25, -0.2) is 4.39 Å². The highest BCUT2D eigenvalue weighted by Gasteiger charge is 2.06. The van der Waals surface area contributed by atoms with E-state index in [4.69, 9.17) is 22.1 Å². The van der Waals surface area contributed by atoms with Crippen LogP contribution in [0, 0.1) is 5.82 Å². The Bertz CT molecular complexity index is 547. The summed E-state index contributed by atoms with van der Waals surface area (Å²) in [5.74, 6) is -0.0900. The van der Waals surface area contributed by atoms with Gasteiger partial charge < -0.3 is 10.5 Å². The van der Waals surface area contributed by atoms with Crippen molar-refractivity contribution in [3.63, 3.8) is 0 Å². The Hall–Kier alpha value is -1.40. The third-order valence-electron chi connectivity index (χ3n) is 1.79. The Labute approximate surface area is 110 Å². The fourth-order valence-electron chi connectivity index (χ4n) is 1.10. The van der Waals surface area contributed by atoms with Crippen molar-refractivity contribution < 1.29 is 9.13 Å². The molecule has 0 aliphatic carbocycles. The molecule has 0 saturated carbocycles.